The van der Waals surface area contributed by atoms with E-state index in [2.05, 4.69) is 30.4 Å². The molecule has 0 saturated heterocycles. The minimum atomic E-state index is -4.80. The first kappa shape index (κ1) is 16.5. The number of nitrogens with zero attached hydrogens (tertiary/aromatic N) is 1. The molecule has 1 aromatic heterocycles. The second-order valence-corrected chi connectivity index (χ2v) is 5.02. The molecular formula is C10H8BrF3INO3. The molecule has 1 rings (SSSR count). The van der Waals surface area contributed by atoms with Crippen LogP contribution in [0, 0.1) is 3.57 Å². The minimum Gasteiger partial charge on any atom is -0.469 e. The molecule has 106 valence electrons. The zero-order chi connectivity index (χ0) is 14.6. The van der Waals surface area contributed by atoms with Crippen LogP contribution in [0.1, 0.15) is 11.3 Å². The Balaban J connectivity index is 3.21. The monoisotopic (exact) mass is 453 g/mol. The summed E-state index contributed by atoms with van der Waals surface area (Å²) in [4.78, 5) is 15.1. The zero-order valence-electron chi connectivity index (χ0n) is 9.55. The van der Waals surface area contributed by atoms with Crippen LogP contribution in [0.4, 0.5) is 13.2 Å². The number of alkyl halides is 4. The van der Waals surface area contributed by atoms with Crippen LogP contribution >= 0.6 is 38.5 Å². The first-order chi connectivity index (χ1) is 8.78. The predicted molar refractivity (Wildman–Crippen MR) is 72.0 cm³/mol. The maximum absolute atomic E-state index is 12.3. The van der Waals surface area contributed by atoms with Gasteiger partial charge >= 0.3 is 12.3 Å². The van der Waals surface area contributed by atoms with E-state index in [1.54, 1.807) is 22.6 Å². The first-order valence-corrected chi connectivity index (χ1v) is 7.03. The van der Waals surface area contributed by atoms with E-state index in [1.165, 1.54) is 13.3 Å². The molecule has 0 unspecified atom stereocenters. The average Bonchev–Trinajstić information content (AvgIpc) is 2.31. The van der Waals surface area contributed by atoms with Crippen LogP contribution in [0.3, 0.4) is 0 Å². The minimum absolute atomic E-state index is 0.0780. The molecule has 0 aliphatic heterocycles. The van der Waals surface area contributed by atoms with Gasteiger partial charge in [0.05, 0.1) is 22.8 Å². The first-order valence-electron chi connectivity index (χ1n) is 4.83. The highest BCUT2D eigenvalue weighted by Crippen LogP contribution is 2.33. The topological polar surface area (TPSA) is 48.4 Å². The second-order valence-electron chi connectivity index (χ2n) is 3.29. The van der Waals surface area contributed by atoms with Gasteiger partial charge in [-0.1, -0.05) is 15.9 Å². The Kier molecular flexibility index (Phi) is 5.83. The zero-order valence-corrected chi connectivity index (χ0v) is 13.3. The number of carbonyl (C=O) groups excluding carboxylic acids is 1. The molecule has 0 aliphatic rings. The van der Waals surface area contributed by atoms with Crippen molar-refractivity contribution < 1.29 is 27.4 Å². The third-order valence-corrected chi connectivity index (χ3v) is 3.39. The van der Waals surface area contributed by atoms with Crippen molar-refractivity contribution in [2.24, 2.45) is 0 Å². The van der Waals surface area contributed by atoms with Crippen molar-refractivity contribution >= 4 is 44.5 Å². The van der Waals surface area contributed by atoms with E-state index in [9.17, 15) is 18.0 Å². The number of ether oxygens (including phenoxy) is 2. The normalized spacial score (nSPS) is 11.3. The van der Waals surface area contributed by atoms with Gasteiger partial charge in [-0.25, -0.2) is 0 Å². The lowest BCUT2D eigenvalue weighted by Crippen LogP contribution is -2.20. The fourth-order valence-corrected chi connectivity index (χ4v) is 2.42. The number of pyridine rings is 1. The summed E-state index contributed by atoms with van der Waals surface area (Å²) in [5, 5.41) is 0.0780. The Morgan fingerprint density at radius 1 is 1.53 bits per heavy atom. The molecule has 0 atom stereocenters. The van der Waals surface area contributed by atoms with E-state index >= 15 is 0 Å². The molecule has 19 heavy (non-hydrogen) atoms. The van der Waals surface area contributed by atoms with Crippen LogP contribution in [0.5, 0.6) is 5.75 Å². The highest BCUT2D eigenvalue weighted by atomic mass is 127. The molecule has 0 spiro atoms. The Hall–Kier alpha value is -0.580. The molecule has 0 aromatic carbocycles. The Bertz CT molecular complexity index is 482. The summed E-state index contributed by atoms with van der Waals surface area (Å²) in [6.45, 7) is 0. The van der Waals surface area contributed by atoms with Gasteiger partial charge in [0.2, 0.25) is 0 Å². The summed E-state index contributed by atoms with van der Waals surface area (Å²) < 4.78 is 45.7. The van der Waals surface area contributed by atoms with Gasteiger partial charge in [-0.15, -0.1) is 13.2 Å². The molecule has 1 heterocycles. The summed E-state index contributed by atoms with van der Waals surface area (Å²) >= 11 is 4.75. The van der Waals surface area contributed by atoms with Gasteiger partial charge < -0.3 is 9.47 Å². The Morgan fingerprint density at radius 2 is 2.16 bits per heavy atom. The van der Waals surface area contributed by atoms with Crippen molar-refractivity contribution in [1.82, 2.24) is 4.98 Å². The van der Waals surface area contributed by atoms with Crippen molar-refractivity contribution in [2.45, 2.75) is 18.1 Å². The van der Waals surface area contributed by atoms with Gasteiger partial charge in [-0.3, -0.25) is 9.78 Å². The van der Waals surface area contributed by atoms with E-state index in [-0.39, 0.29) is 32.3 Å². The number of hydrogen-bond donors (Lipinski definition) is 0. The standard InChI is InChI=1S/C10H8BrF3INO3/c1-18-8(17)2-7-5(3-11)9(6(15)4-16-7)19-10(12,13)14/h4H,2-3H2,1H3. The van der Waals surface area contributed by atoms with Gasteiger partial charge in [0.15, 0.2) is 0 Å². The molecule has 0 radical (unpaired) electrons. The molecule has 0 saturated carbocycles. The van der Waals surface area contributed by atoms with Crippen molar-refractivity contribution in [3.63, 3.8) is 0 Å². The van der Waals surface area contributed by atoms with E-state index in [0.29, 0.717) is 0 Å². The van der Waals surface area contributed by atoms with Gasteiger partial charge in [0, 0.05) is 17.1 Å². The van der Waals surface area contributed by atoms with Crippen molar-refractivity contribution in [1.29, 1.82) is 0 Å². The van der Waals surface area contributed by atoms with E-state index in [1.807, 2.05) is 0 Å². The van der Waals surface area contributed by atoms with Crippen molar-refractivity contribution in [3.05, 3.63) is 21.0 Å². The van der Waals surface area contributed by atoms with Crippen molar-refractivity contribution in [3.8, 4) is 5.75 Å². The molecule has 1 aromatic rings. The fraction of sp³-hybridized carbons (Fsp3) is 0.400. The number of rotatable bonds is 4. The lowest BCUT2D eigenvalue weighted by Gasteiger charge is -2.16. The Morgan fingerprint density at radius 3 is 2.63 bits per heavy atom. The van der Waals surface area contributed by atoms with Crippen LogP contribution in [0.25, 0.3) is 0 Å². The summed E-state index contributed by atoms with van der Waals surface area (Å²) in [5.41, 5.74) is 0.359. The van der Waals surface area contributed by atoms with Gasteiger partial charge in [0.1, 0.15) is 5.75 Å². The van der Waals surface area contributed by atoms with Crippen LogP contribution in [-0.2, 0) is 21.3 Å². The van der Waals surface area contributed by atoms with Crippen LogP contribution in [0.2, 0.25) is 0 Å². The average molecular weight is 454 g/mol. The molecule has 4 nitrogen and oxygen atoms in total. The molecule has 0 amide bonds. The number of hydrogen-bond acceptors (Lipinski definition) is 4. The maximum Gasteiger partial charge on any atom is 0.573 e. The van der Waals surface area contributed by atoms with Crippen molar-refractivity contribution in [2.75, 3.05) is 7.11 Å². The highest BCUT2D eigenvalue weighted by molar-refractivity contribution is 14.1. The van der Waals surface area contributed by atoms with Crippen LogP contribution < -0.4 is 4.74 Å². The number of carbonyl (C=O) groups is 1. The fourth-order valence-electron chi connectivity index (χ4n) is 1.27. The number of aromatic nitrogens is 1. The van der Waals surface area contributed by atoms with Gasteiger partial charge in [-0.05, 0) is 22.6 Å². The van der Waals surface area contributed by atoms with Crippen LogP contribution in [-0.4, -0.2) is 24.4 Å². The third kappa shape index (κ3) is 4.79. The van der Waals surface area contributed by atoms with E-state index in [0.717, 1.165) is 0 Å². The SMILES string of the molecule is COC(=O)Cc1ncc(I)c(OC(F)(F)F)c1CBr. The number of halogens is 5. The molecule has 0 fully saturated rings. The predicted octanol–water partition coefficient (Wildman–Crippen LogP) is 3.20. The van der Waals surface area contributed by atoms with E-state index in [4.69, 9.17) is 0 Å². The summed E-state index contributed by atoms with van der Waals surface area (Å²) in [7, 11) is 1.19. The molecule has 0 aliphatic carbocycles. The lowest BCUT2D eigenvalue weighted by molar-refractivity contribution is -0.275. The second kappa shape index (κ2) is 6.73. The molecule has 9 heteroatoms. The largest absolute Gasteiger partial charge is 0.573 e. The molecule has 0 bridgehead atoms. The summed E-state index contributed by atoms with van der Waals surface area (Å²) in [5.74, 6) is -0.937. The summed E-state index contributed by atoms with van der Waals surface area (Å²) in [6.07, 6.45) is -3.81. The van der Waals surface area contributed by atoms with Gasteiger partial charge in [0.25, 0.3) is 0 Å². The number of esters is 1. The van der Waals surface area contributed by atoms with Gasteiger partial charge in [-0.2, -0.15) is 0 Å². The third-order valence-electron chi connectivity index (χ3n) is 2.06. The lowest BCUT2D eigenvalue weighted by atomic mass is 10.1. The van der Waals surface area contributed by atoms with E-state index < -0.39 is 12.3 Å². The quantitative estimate of drug-likeness (QED) is 0.399. The highest BCUT2D eigenvalue weighted by Gasteiger charge is 2.34. The smallest absolute Gasteiger partial charge is 0.469 e. The maximum atomic E-state index is 12.3. The molecule has 0 N–H and O–H groups in total. The van der Waals surface area contributed by atoms with Crippen LogP contribution in [0.15, 0.2) is 6.20 Å². The number of methoxy groups -OCH3 is 1. The molecular weight excluding hydrogens is 446 g/mol. The Labute approximate surface area is 128 Å². The summed E-state index contributed by atoms with van der Waals surface area (Å²) in [6, 6.07) is 0.